The molecule has 0 bridgehead atoms. The molecule has 1 aliphatic rings. The number of carbonyl (C=O) groups is 1. The summed E-state index contributed by atoms with van der Waals surface area (Å²) in [4.78, 5) is 23.4. The maximum absolute atomic E-state index is 12.8. The highest BCUT2D eigenvalue weighted by Crippen LogP contribution is 2.33. The van der Waals surface area contributed by atoms with E-state index in [2.05, 4.69) is 9.97 Å². The molecule has 7 heteroatoms. The minimum absolute atomic E-state index is 0.0474. The second-order valence-corrected chi connectivity index (χ2v) is 8.59. The molecule has 3 heterocycles. The number of methoxy groups -OCH3 is 2. The molecule has 7 nitrogen and oxygen atoms in total. The normalized spacial score (nSPS) is 12.8. The Labute approximate surface area is 216 Å². The maximum atomic E-state index is 12.8. The Hall–Kier alpha value is -4.65. The number of hydrogen-bond donors (Lipinski definition) is 0. The van der Waals surface area contributed by atoms with Crippen LogP contribution in [0.4, 0.5) is 0 Å². The fraction of sp³-hybridized carbons (Fsp3) is 0.167. The molecule has 0 spiro atoms. The zero-order valence-electron chi connectivity index (χ0n) is 20.8. The van der Waals surface area contributed by atoms with E-state index in [0.717, 1.165) is 28.8 Å². The van der Waals surface area contributed by atoms with Gasteiger partial charge in [-0.05, 0) is 83.8 Å². The number of benzene rings is 2. The lowest BCUT2D eigenvalue weighted by molar-refractivity contribution is -0.126. The summed E-state index contributed by atoms with van der Waals surface area (Å²) in [6.07, 6.45) is 7.58. The molecule has 5 rings (SSSR count). The summed E-state index contributed by atoms with van der Waals surface area (Å²) in [7, 11) is 3.24. The fourth-order valence-electron chi connectivity index (χ4n) is 4.24. The van der Waals surface area contributed by atoms with Crippen LogP contribution in [0.2, 0.25) is 0 Å². The summed E-state index contributed by atoms with van der Waals surface area (Å²) in [5.41, 5.74) is 4.99. The summed E-state index contributed by atoms with van der Waals surface area (Å²) in [5.74, 6) is 2.50. The van der Waals surface area contributed by atoms with Crippen molar-refractivity contribution in [3.8, 4) is 34.4 Å². The van der Waals surface area contributed by atoms with Gasteiger partial charge in [-0.3, -0.25) is 9.78 Å². The number of amides is 1. The molecule has 0 atom stereocenters. The van der Waals surface area contributed by atoms with Gasteiger partial charge in [-0.1, -0.05) is 6.07 Å². The van der Waals surface area contributed by atoms with Gasteiger partial charge in [0, 0.05) is 43.2 Å². The average molecular weight is 494 g/mol. The quantitative estimate of drug-likeness (QED) is 0.314. The predicted octanol–water partition coefficient (Wildman–Crippen LogP) is 5.55. The van der Waals surface area contributed by atoms with Crippen molar-refractivity contribution < 1.29 is 19.0 Å². The third-order valence-electron chi connectivity index (χ3n) is 6.24. The Morgan fingerprint density at radius 1 is 0.919 bits per heavy atom. The average Bonchev–Trinajstić information content (AvgIpc) is 2.96. The maximum Gasteiger partial charge on any atom is 0.246 e. The van der Waals surface area contributed by atoms with Gasteiger partial charge in [0.15, 0.2) is 11.5 Å². The molecule has 0 radical (unpaired) electrons. The lowest BCUT2D eigenvalue weighted by atomic mass is 9.98. The Balaban J connectivity index is 1.19. The van der Waals surface area contributed by atoms with Crippen LogP contribution in [0.3, 0.4) is 0 Å². The summed E-state index contributed by atoms with van der Waals surface area (Å²) >= 11 is 0. The molecule has 2 aromatic carbocycles. The summed E-state index contributed by atoms with van der Waals surface area (Å²) in [5, 5.41) is 0. The molecule has 2 aromatic heterocycles. The molecule has 0 N–H and O–H groups in total. The van der Waals surface area contributed by atoms with Crippen molar-refractivity contribution in [3.05, 3.63) is 102 Å². The highest BCUT2D eigenvalue weighted by Gasteiger charge is 2.21. The monoisotopic (exact) mass is 493 g/mol. The van der Waals surface area contributed by atoms with Gasteiger partial charge in [-0.25, -0.2) is 4.98 Å². The Morgan fingerprint density at radius 3 is 2.38 bits per heavy atom. The van der Waals surface area contributed by atoms with Crippen LogP contribution in [0, 0.1) is 0 Å². The van der Waals surface area contributed by atoms with Crippen LogP contribution in [0.15, 0.2) is 85.2 Å². The Morgan fingerprint density at radius 2 is 1.70 bits per heavy atom. The molecule has 37 heavy (non-hydrogen) atoms. The number of rotatable bonds is 7. The molecule has 0 saturated heterocycles. The lowest BCUT2D eigenvalue weighted by Crippen LogP contribution is -2.34. The smallest absolute Gasteiger partial charge is 0.246 e. The zero-order valence-corrected chi connectivity index (χ0v) is 20.8. The molecule has 0 unspecified atom stereocenters. The first-order valence-electron chi connectivity index (χ1n) is 12.0. The lowest BCUT2D eigenvalue weighted by Gasteiger charge is -2.28. The van der Waals surface area contributed by atoms with Gasteiger partial charge in [0.2, 0.25) is 11.8 Å². The van der Waals surface area contributed by atoms with Crippen molar-refractivity contribution in [1.29, 1.82) is 0 Å². The minimum atomic E-state index is -0.0474. The number of hydrogen-bond acceptors (Lipinski definition) is 6. The van der Waals surface area contributed by atoms with Gasteiger partial charge in [0.1, 0.15) is 5.75 Å². The van der Waals surface area contributed by atoms with Crippen LogP contribution in [0.25, 0.3) is 17.3 Å². The standard InChI is InChI=1S/C30H27N3O4/c1-35-27-17-23-14-16-33(20-24(23)18-28(27)36-2)30(34)13-7-21-6-12-29(32-19-21)37-25-10-8-22(9-11-25)26-5-3-4-15-31-26/h3-13,15,17-19H,14,16,20H2,1-2H3/b13-7+. The SMILES string of the molecule is COc1cc2c(cc1OC)CN(C(=O)/C=C/c1ccc(Oc3ccc(-c4ccccn4)cc3)nc1)CC2. The van der Waals surface area contributed by atoms with Crippen LogP contribution in [-0.4, -0.2) is 41.5 Å². The zero-order chi connectivity index (χ0) is 25.6. The summed E-state index contributed by atoms with van der Waals surface area (Å²) < 4.78 is 16.7. The van der Waals surface area contributed by atoms with Crippen molar-refractivity contribution in [1.82, 2.24) is 14.9 Å². The van der Waals surface area contributed by atoms with Gasteiger partial charge in [0.25, 0.3) is 0 Å². The van der Waals surface area contributed by atoms with E-state index in [-0.39, 0.29) is 5.91 Å². The summed E-state index contributed by atoms with van der Waals surface area (Å²) in [6, 6.07) is 21.1. The molecule has 1 amide bonds. The number of aromatic nitrogens is 2. The topological polar surface area (TPSA) is 73.8 Å². The van der Waals surface area contributed by atoms with E-state index in [1.165, 1.54) is 5.56 Å². The molecule has 186 valence electrons. The van der Waals surface area contributed by atoms with Crippen molar-refractivity contribution in [2.45, 2.75) is 13.0 Å². The molecule has 4 aromatic rings. The van der Waals surface area contributed by atoms with Gasteiger partial charge in [-0.15, -0.1) is 0 Å². The van der Waals surface area contributed by atoms with Gasteiger partial charge < -0.3 is 19.1 Å². The Bertz CT molecular complexity index is 1400. The second-order valence-electron chi connectivity index (χ2n) is 8.59. The van der Waals surface area contributed by atoms with E-state index in [0.29, 0.717) is 36.2 Å². The van der Waals surface area contributed by atoms with Crippen molar-refractivity contribution >= 4 is 12.0 Å². The van der Waals surface area contributed by atoms with E-state index in [4.69, 9.17) is 14.2 Å². The van der Waals surface area contributed by atoms with Crippen molar-refractivity contribution in [2.24, 2.45) is 0 Å². The van der Waals surface area contributed by atoms with Gasteiger partial charge in [0.05, 0.1) is 19.9 Å². The minimum Gasteiger partial charge on any atom is -0.493 e. The van der Waals surface area contributed by atoms with Crippen molar-refractivity contribution in [3.63, 3.8) is 0 Å². The second kappa shape index (κ2) is 11.0. The molecular formula is C30H27N3O4. The Kier molecular flexibility index (Phi) is 7.12. The first-order valence-corrected chi connectivity index (χ1v) is 12.0. The third kappa shape index (κ3) is 5.62. The molecular weight excluding hydrogens is 466 g/mol. The van der Waals surface area contributed by atoms with E-state index in [1.807, 2.05) is 65.6 Å². The highest BCUT2D eigenvalue weighted by atomic mass is 16.5. The molecule has 1 aliphatic heterocycles. The molecule has 0 fully saturated rings. The number of carbonyl (C=O) groups excluding carboxylic acids is 1. The van der Waals surface area contributed by atoms with Gasteiger partial charge in [-0.2, -0.15) is 0 Å². The largest absolute Gasteiger partial charge is 0.493 e. The first-order chi connectivity index (χ1) is 18.1. The molecule has 0 aliphatic carbocycles. The van der Waals surface area contributed by atoms with E-state index in [1.54, 1.807) is 44.8 Å². The van der Waals surface area contributed by atoms with E-state index >= 15 is 0 Å². The number of nitrogens with zero attached hydrogens (tertiary/aromatic N) is 3. The fourth-order valence-corrected chi connectivity index (χ4v) is 4.24. The van der Waals surface area contributed by atoms with Gasteiger partial charge >= 0.3 is 0 Å². The van der Waals surface area contributed by atoms with Crippen LogP contribution in [-0.2, 0) is 17.8 Å². The first kappa shape index (κ1) is 24.1. The van der Waals surface area contributed by atoms with Crippen LogP contribution < -0.4 is 14.2 Å². The third-order valence-corrected chi connectivity index (χ3v) is 6.24. The number of fused-ring (bicyclic) bond motifs is 1. The highest BCUT2D eigenvalue weighted by molar-refractivity contribution is 5.92. The van der Waals surface area contributed by atoms with Crippen molar-refractivity contribution in [2.75, 3.05) is 20.8 Å². The molecule has 0 saturated carbocycles. The van der Waals surface area contributed by atoms with Crippen LogP contribution >= 0.6 is 0 Å². The predicted molar refractivity (Wildman–Crippen MR) is 142 cm³/mol. The van der Waals surface area contributed by atoms with Crippen LogP contribution in [0.1, 0.15) is 16.7 Å². The van der Waals surface area contributed by atoms with Crippen LogP contribution in [0.5, 0.6) is 23.1 Å². The number of pyridine rings is 2. The number of ether oxygens (including phenoxy) is 3. The summed E-state index contributed by atoms with van der Waals surface area (Å²) in [6.45, 7) is 1.18. The van der Waals surface area contributed by atoms with E-state index in [9.17, 15) is 4.79 Å². The van der Waals surface area contributed by atoms with E-state index < -0.39 is 0 Å².